The molecule has 0 unspecified atom stereocenters. The monoisotopic (exact) mass is 428 g/mol. The number of piperidine rings is 1. The molecule has 1 fully saturated rings. The number of hydrogen-bond donors (Lipinski definition) is 1. The largest absolute Gasteiger partial charge is 0.345 e. The van der Waals surface area contributed by atoms with Crippen molar-refractivity contribution in [2.45, 2.75) is 64.3 Å². The van der Waals surface area contributed by atoms with E-state index in [1.54, 1.807) is 23.4 Å². The molecule has 1 N–H and O–H groups in total. The van der Waals surface area contributed by atoms with Crippen LogP contribution in [0.2, 0.25) is 0 Å². The van der Waals surface area contributed by atoms with Gasteiger partial charge in [-0.3, -0.25) is 4.79 Å². The fourth-order valence-electron chi connectivity index (χ4n) is 4.12. The SMILES string of the molecule is CC[C@H](NC(=O)c1ccc(C)c(S(=O)(=O)N2CCCCC2)c1)c1ccc(C)cc1C. The molecular weight excluding hydrogens is 396 g/mol. The minimum atomic E-state index is -3.59. The van der Waals surface area contributed by atoms with Crippen LogP contribution in [0, 0.1) is 20.8 Å². The van der Waals surface area contributed by atoms with E-state index in [1.165, 1.54) is 11.6 Å². The number of nitrogens with one attached hydrogen (secondary N) is 1. The van der Waals surface area contributed by atoms with Crippen LogP contribution in [-0.4, -0.2) is 31.7 Å². The van der Waals surface area contributed by atoms with E-state index >= 15 is 0 Å². The normalized spacial score (nSPS) is 16.3. The average molecular weight is 429 g/mol. The summed E-state index contributed by atoms with van der Waals surface area (Å²) in [7, 11) is -3.59. The van der Waals surface area contributed by atoms with Crippen molar-refractivity contribution in [3.8, 4) is 0 Å². The summed E-state index contributed by atoms with van der Waals surface area (Å²) in [4.78, 5) is 13.2. The fraction of sp³-hybridized carbons (Fsp3) is 0.458. The van der Waals surface area contributed by atoms with Gasteiger partial charge in [0.15, 0.2) is 0 Å². The van der Waals surface area contributed by atoms with E-state index in [0.29, 0.717) is 24.2 Å². The first-order chi connectivity index (χ1) is 14.2. The lowest BCUT2D eigenvalue weighted by atomic mass is 9.97. The number of carbonyl (C=O) groups is 1. The lowest BCUT2D eigenvalue weighted by molar-refractivity contribution is 0.0935. The topological polar surface area (TPSA) is 66.5 Å². The van der Waals surface area contributed by atoms with Gasteiger partial charge in [0.1, 0.15) is 0 Å². The predicted octanol–water partition coefficient (Wildman–Crippen LogP) is 4.67. The predicted molar refractivity (Wildman–Crippen MR) is 120 cm³/mol. The van der Waals surface area contributed by atoms with Gasteiger partial charge in [-0.1, -0.05) is 43.2 Å². The lowest BCUT2D eigenvalue weighted by Crippen LogP contribution is -2.36. The molecule has 3 rings (SSSR count). The van der Waals surface area contributed by atoms with Crippen molar-refractivity contribution in [3.05, 3.63) is 64.2 Å². The Labute approximate surface area is 180 Å². The molecule has 1 amide bonds. The van der Waals surface area contributed by atoms with E-state index in [1.807, 2.05) is 26.8 Å². The first kappa shape index (κ1) is 22.5. The van der Waals surface area contributed by atoms with E-state index < -0.39 is 10.0 Å². The van der Waals surface area contributed by atoms with Crippen LogP contribution in [0.3, 0.4) is 0 Å². The van der Waals surface area contributed by atoms with Crippen molar-refractivity contribution < 1.29 is 13.2 Å². The molecule has 0 saturated carbocycles. The molecule has 0 spiro atoms. The third kappa shape index (κ3) is 4.76. The van der Waals surface area contributed by atoms with Crippen LogP contribution < -0.4 is 5.32 Å². The summed E-state index contributed by atoms with van der Waals surface area (Å²) in [5.74, 6) is -0.253. The van der Waals surface area contributed by atoms with E-state index in [2.05, 4.69) is 17.4 Å². The number of carbonyl (C=O) groups excluding carboxylic acids is 1. The molecule has 0 aromatic heterocycles. The second-order valence-corrected chi connectivity index (χ2v) is 10.1. The molecule has 0 radical (unpaired) electrons. The van der Waals surface area contributed by atoms with Crippen LogP contribution in [0.5, 0.6) is 0 Å². The minimum Gasteiger partial charge on any atom is -0.345 e. The highest BCUT2D eigenvalue weighted by atomic mass is 32.2. The molecule has 1 aliphatic rings. The first-order valence-electron chi connectivity index (χ1n) is 10.7. The van der Waals surface area contributed by atoms with Gasteiger partial charge in [-0.05, 0) is 68.9 Å². The average Bonchev–Trinajstić information content (AvgIpc) is 2.73. The third-order valence-corrected chi connectivity index (χ3v) is 7.94. The quantitative estimate of drug-likeness (QED) is 0.727. The molecule has 1 atom stereocenters. The fourth-order valence-corrected chi connectivity index (χ4v) is 5.89. The summed E-state index contributed by atoms with van der Waals surface area (Å²) in [6.45, 7) is 9.00. The summed E-state index contributed by atoms with van der Waals surface area (Å²) in [6, 6.07) is 11.1. The van der Waals surface area contributed by atoms with Gasteiger partial charge in [0, 0.05) is 18.7 Å². The summed E-state index contributed by atoms with van der Waals surface area (Å²) in [5, 5.41) is 3.09. The van der Waals surface area contributed by atoms with Gasteiger partial charge in [0.05, 0.1) is 10.9 Å². The van der Waals surface area contributed by atoms with Crippen LogP contribution in [-0.2, 0) is 10.0 Å². The van der Waals surface area contributed by atoms with Crippen molar-refractivity contribution in [2.24, 2.45) is 0 Å². The van der Waals surface area contributed by atoms with Gasteiger partial charge in [-0.15, -0.1) is 0 Å². The third-order valence-electron chi connectivity index (χ3n) is 5.90. The van der Waals surface area contributed by atoms with Gasteiger partial charge < -0.3 is 5.32 Å². The molecule has 30 heavy (non-hydrogen) atoms. The Morgan fingerprint density at radius 3 is 2.33 bits per heavy atom. The van der Waals surface area contributed by atoms with Crippen molar-refractivity contribution in [3.63, 3.8) is 0 Å². The zero-order chi connectivity index (χ0) is 21.9. The maximum atomic E-state index is 13.2. The highest BCUT2D eigenvalue weighted by Gasteiger charge is 2.28. The maximum absolute atomic E-state index is 13.2. The Kier molecular flexibility index (Phi) is 6.98. The van der Waals surface area contributed by atoms with Crippen molar-refractivity contribution in [1.29, 1.82) is 0 Å². The maximum Gasteiger partial charge on any atom is 0.251 e. The van der Waals surface area contributed by atoms with Crippen LogP contribution >= 0.6 is 0 Å². The Morgan fingerprint density at radius 2 is 1.70 bits per heavy atom. The standard InChI is InChI=1S/C24H32N2O3S/c1-5-22(21-12-9-17(2)15-19(21)4)25-24(27)20-11-10-18(3)23(16-20)30(28,29)26-13-7-6-8-14-26/h9-12,15-16,22H,5-8,13-14H2,1-4H3,(H,25,27)/t22-/m0/s1. The highest BCUT2D eigenvalue weighted by molar-refractivity contribution is 7.89. The lowest BCUT2D eigenvalue weighted by Gasteiger charge is -2.26. The van der Waals surface area contributed by atoms with Crippen LogP contribution in [0.4, 0.5) is 0 Å². The number of aryl methyl sites for hydroxylation is 3. The Balaban J connectivity index is 1.86. The Morgan fingerprint density at radius 1 is 1.00 bits per heavy atom. The van der Waals surface area contributed by atoms with Gasteiger partial charge in [-0.2, -0.15) is 4.31 Å². The minimum absolute atomic E-state index is 0.124. The van der Waals surface area contributed by atoms with Crippen molar-refractivity contribution >= 4 is 15.9 Å². The van der Waals surface area contributed by atoms with E-state index in [9.17, 15) is 13.2 Å². The second-order valence-electron chi connectivity index (χ2n) is 8.24. The zero-order valence-corrected chi connectivity index (χ0v) is 19.2. The van der Waals surface area contributed by atoms with Gasteiger partial charge in [0.25, 0.3) is 5.91 Å². The van der Waals surface area contributed by atoms with Crippen molar-refractivity contribution in [1.82, 2.24) is 9.62 Å². The smallest absolute Gasteiger partial charge is 0.251 e. The molecule has 2 aromatic rings. The molecule has 1 aliphatic heterocycles. The molecule has 5 nitrogen and oxygen atoms in total. The van der Waals surface area contributed by atoms with Gasteiger partial charge >= 0.3 is 0 Å². The molecular formula is C24H32N2O3S. The number of sulfonamides is 1. The van der Waals surface area contributed by atoms with E-state index in [-0.39, 0.29) is 16.8 Å². The molecule has 1 heterocycles. The molecule has 1 saturated heterocycles. The van der Waals surface area contributed by atoms with Crippen LogP contribution in [0.25, 0.3) is 0 Å². The summed E-state index contributed by atoms with van der Waals surface area (Å²) >= 11 is 0. The number of rotatable bonds is 6. The Bertz CT molecular complexity index is 1020. The number of hydrogen-bond acceptors (Lipinski definition) is 3. The van der Waals surface area contributed by atoms with E-state index in [4.69, 9.17) is 0 Å². The molecule has 0 aliphatic carbocycles. The van der Waals surface area contributed by atoms with Crippen molar-refractivity contribution in [2.75, 3.05) is 13.1 Å². The summed E-state index contributed by atoms with van der Waals surface area (Å²) in [5.41, 5.74) is 4.45. The number of amides is 1. The van der Waals surface area contributed by atoms with Crippen LogP contribution in [0.1, 0.15) is 71.3 Å². The first-order valence-corrected chi connectivity index (χ1v) is 12.2. The van der Waals surface area contributed by atoms with E-state index in [0.717, 1.165) is 36.8 Å². The molecule has 162 valence electrons. The molecule has 2 aromatic carbocycles. The highest BCUT2D eigenvalue weighted by Crippen LogP contribution is 2.26. The summed E-state index contributed by atoms with van der Waals surface area (Å²) in [6.07, 6.45) is 3.57. The second kappa shape index (κ2) is 9.31. The molecule has 0 bridgehead atoms. The molecule has 6 heteroatoms. The van der Waals surface area contributed by atoms with Crippen LogP contribution in [0.15, 0.2) is 41.3 Å². The number of benzene rings is 2. The Hall–Kier alpha value is -2.18. The van der Waals surface area contributed by atoms with Gasteiger partial charge in [0.2, 0.25) is 10.0 Å². The summed E-state index contributed by atoms with van der Waals surface area (Å²) < 4.78 is 27.9. The zero-order valence-electron chi connectivity index (χ0n) is 18.4. The number of nitrogens with zero attached hydrogens (tertiary/aromatic N) is 1. The van der Waals surface area contributed by atoms with Gasteiger partial charge in [-0.25, -0.2) is 8.42 Å².